The summed E-state index contributed by atoms with van der Waals surface area (Å²) in [6.45, 7) is 10.8. The van der Waals surface area contributed by atoms with Crippen LogP contribution in [0.2, 0.25) is 5.02 Å². The number of nitrogens with zero attached hydrogens (tertiary/aromatic N) is 2. The molecule has 0 aromatic heterocycles. The first-order valence-corrected chi connectivity index (χ1v) is 10.0. The minimum Gasteiger partial charge on any atom is -0.391 e. The van der Waals surface area contributed by atoms with E-state index in [-0.39, 0.29) is 30.9 Å². The number of benzene rings is 1. The summed E-state index contributed by atoms with van der Waals surface area (Å²) < 4.78 is 5.39. The molecule has 0 saturated carbocycles. The molecule has 1 aromatic rings. The molecule has 152 valence electrons. The van der Waals surface area contributed by atoms with Crippen molar-refractivity contribution in [3.05, 3.63) is 29.3 Å². The summed E-state index contributed by atoms with van der Waals surface area (Å²) in [5.74, 6) is 0.697. The van der Waals surface area contributed by atoms with Gasteiger partial charge in [-0.05, 0) is 38.1 Å². The highest BCUT2D eigenvalue weighted by Gasteiger charge is 2.17. The van der Waals surface area contributed by atoms with Crippen molar-refractivity contribution in [3.63, 3.8) is 0 Å². The summed E-state index contributed by atoms with van der Waals surface area (Å²) in [6.07, 6.45) is -0.335. The van der Waals surface area contributed by atoms with Crippen molar-refractivity contribution in [2.45, 2.75) is 30.9 Å². The van der Waals surface area contributed by atoms with Crippen LogP contribution in [0.25, 0.3) is 0 Å². The Hall–Kier alpha value is 0.280. The van der Waals surface area contributed by atoms with Crippen LogP contribution in [0.4, 0.5) is 0 Å². The fraction of sp³-hybridized carbons (Fsp3) is 0.667. The summed E-state index contributed by atoms with van der Waals surface area (Å²) >= 11 is 7.57. The molecule has 1 unspecified atom stereocenters. The van der Waals surface area contributed by atoms with Crippen molar-refractivity contribution in [2.24, 2.45) is 0 Å². The molecule has 1 aliphatic heterocycles. The molecule has 1 aliphatic rings. The van der Waals surface area contributed by atoms with Crippen molar-refractivity contribution in [2.75, 3.05) is 51.7 Å². The molecule has 1 fully saturated rings. The molecule has 26 heavy (non-hydrogen) atoms. The first-order chi connectivity index (χ1) is 11.5. The number of aliphatic hydroxyl groups is 1. The van der Waals surface area contributed by atoms with Crippen LogP contribution in [-0.4, -0.2) is 78.7 Å². The van der Waals surface area contributed by atoms with Gasteiger partial charge in [0, 0.05) is 54.4 Å². The maximum Gasteiger partial charge on any atom is 0.0760 e. The smallest absolute Gasteiger partial charge is 0.0760 e. The quantitative estimate of drug-likeness (QED) is 0.587. The lowest BCUT2D eigenvalue weighted by atomic mass is 10.2. The Morgan fingerprint density at radius 3 is 2.38 bits per heavy atom. The van der Waals surface area contributed by atoms with Gasteiger partial charge in [0.05, 0.1) is 19.3 Å². The summed E-state index contributed by atoms with van der Waals surface area (Å²) in [5, 5.41) is 11.1. The van der Waals surface area contributed by atoms with Gasteiger partial charge in [-0.25, -0.2) is 0 Å². The van der Waals surface area contributed by atoms with Crippen molar-refractivity contribution >= 4 is 48.2 Å². The molecule has 2 rings (SSSR count). The Labute approximate surface area is 179 Å². The Morgan fingerprint density at radius 1 is 1.19 bits per heavy atom. The number of rotatable bonds is 9. The molecule has 1 atom stereocenters. The highest BCUT2D eigenvalue weighted by molar-refractivity contribution is 7.99. The topological polar surface area (TPSA) is 35.9 Å². The maximum atomic E-state index is 10.4. The molecule has 8 heteroatoms. The van der Waals surface area contributed by atoms with Crippen LogP contribution < -0.4 is 0 Å². The number of ether oxygens (including phenoxy) is 1. The second kappa shape index (κ2) is 14.3. The fourth-order valence-electron chi connectivity index (χ4n) is 2.70. The Balaban J connectivity index is 0.00000312. The Morgan fingerprint density at radius 2 is 1.81 bits per heavy atom. The third kappa shape index (κ3) is 10.00. The zero-order chi connectivity index (χ0) is 17.4. The van der Waals surface area contributed by atoms with Crippen LogP contribution in [0, 0.1) is 0 Å². The third-order valence-corrected chi connectivity index (χ3v) is 5.65. The van der Waals surface area contributed by atoms with Crippen LogP contribution in [0.5, 0.6) is 0 Å². The largest absolute Gasteiger partial charge is 0.391 e. The number of aliphatic hydroxyl groups excluding tert-OH is 1. The summed E-state index contributed by atoms with van der Waals surface area (Å²) in [6, 6.07) is 8.20. The highest BCUT2D eigenvalue weighted by atomic mass is 35.5. The van der Waals surface area contributed by atoms with Crippen LogP contribution in [0.1, 0.15) is 13.8 Å². The fourth-order valence-corrected chi connectivity index (χ4v) is 3.65. The van der Waals surface area contributed by atoms with E-state index in [0.29, 0.717) is 18.3 Å². The van der Waals surface area contributed by atoms with Crippen molar-refractivity contribution < 1.29 is 9.84 Å². The second-order valence-electron chi connectivity index (χ2n) is 6.46. The van der Waals surface area contributed by atoms with E-state index in [0.717, 1.165) is 49.3 Å². The standard InChI is InChI=1S/C18H29ClN2O2S.2ClH/c1-15(2)21(8-7-20-9-11-23-12-10-20)13-17(22)14-24-18-5-3-16(19)4-6-18;;/h3-6,15,17,22H,7-14H2,1-2H3;2*1H. The number of hydrogen-bond donors (Lipinski definition) is 1. The van der Waals surface area contributed by atoms with Gasteiger partial charge in [-0.1, -0.05) is 11.6 Å². The van der Waals surface area contributed by atoms with Gasteiger partial charge in [0.2, 0.25) is 0 Å². The predicted octanol–water partition coefficient (Wildman–Crippen LogP) is 3.68. The van der Waals surface area contributed by atoms with Crippen LogP contribution in [0.3, 0.4) is 0 Å². The van der Waals surface area contributed by atoms with E-state index >= 15 is 0 Å². The van der Waals surface area contributed by atoms with E-state index in [4.69, 9.17) is 16.3 Å². The van der Waals surface area contributed by atoms with Crippen molar-refractivity contribution in [1.82, 2.24) is 9.80 Å². The Bertz CT molecular complexity index is 474. The first-order valence-electron chi connectivity index (χ1n) is 8.65. The average Bonchev–Trinajstić information content (AvgIpc) is 2.58. The monoisotopic (exact) mass is 444 g/mol. The summed E-state index contributed by atoms with van der Waals surface area (Å²) in [7, 11) is 0. The normalized spacial score (nSPS) is 16.2. The second-order valence-corrected chi connectivity index (χ2v) is 7.99. The number of morpholine rings is 1. The molecule has 0 spiro atoms. The van der Waals surface area contributed by atoms with Gasteiger partial charge in [-0.3, -0.25) is 9.80 Å². The van der Waals surface area contributed by atoms with E-state index in [1.807, 2.05) is 24.3 Å². The number of hydrogen-bond acceptors (Lipinski definition) is 5. The highest BCUT2D eigenvalue weighted by Crippen LogP contribution is 2.21. The Kier molecular flexibility index (Phi) is 14.5. The maximum absolute atomic E-state index is 10.4. The average molecular weight is 446 g/mol. The predicted molar refractivity (Wildman–Crippen MR) is 117 cm³/mol. The number of thioether (sulfide) groups is 1. The van der Waals surface area contributed by atoms with Crippen molar-refractivity contribution in [1.29, 1.82) is 0 Å². The van der Waals surface area contributed by atoms with Gasteiger partial charge in [-0.2, -0.15) is 0 Å². The molecule has 4 nitrogen and oxygen atoms in total. The van der Waals surface area contributed by atoms with Crippen LogP contribution in [0.15, 0.2) is 29.2 Å². The lowest BCUT2D eigenvalue weighted by Crippen LogP contribution is -2.45. The van der Waals surface area contributed by atoms with Gasteiger partial charge in [0.1, 0.15) is 0 Å². The van der Waals surface area contributed by atoms with Crippen LogP contribution in [-0.2, 0) is 4.74 Å². The minimum absolute atomic E-state index is 0. The van der Waals surface area contributed by atoms with E-state index in [1.54, 1.807) is 11.8 Å². The first kappa shape index (κ1) is 26.3. The van der Waals surface area contributed by atoms with Gasteiger partial charge < -0.3 is 9.84 Å². The molecule has 1 heterocycles. The summed E-state index contributed by atoms with van der Waals surface area (Å²) in [4.78, 5) is 5.94. The van der Waals surface area contributed by atoms with Gasteiger partial charge in [-0.15, -0.1) is 36.6 Å². The van der Waals surface area contributed by atoms with E-state index in [9.17, 15) is 5.11 Å². The lowest BCUT2D eigenvalue weighted by Gasteiger charge is -2.33. The zero-order valence-corrected chi connectivity index (χ0v) is 18.7. The van der Waals surface area contributed by atoms with Gasteiger partial charge in [0.25, 0.3) is 0 Å². The lowest BCUT2D eigenvalue weighted by molar-refractivity contribution is 0.0279. The molecule has 1 saturated heterocycles. The molecular weight excluding hydrogens is 415 g/mol. The minimum atomic E-state index is -0.335. The molecule has 0 bridgehead atoms. The van der Waals surface area contributed by atoms with Gasteiger partial charge in [0.15, 0.2) is 0 Å². The van der Waals surface area contributed by atoms with Crippen LogP contribution >= 0.6 is 48.2 Å². The van der Waals surface area contributed by atoms with Gasteiger partial charge >= 0.3 is 0 Å². The SMILES string of the molecule is CC(C)N(CCN1CCOCC1)CC(O)CSc1ccc(Cl)cc1.Cl.Cl. The number of halogens is 3. The summed E-state index contributed by atoms with van der Waals surface area (Å²) in [5.41, 5.74) is 0. The molecule has 0 aliphatic carbocycles. The van der Waals surface area contributed by atoms with E-state index in [2.05, 4.69) is 23.6 Å². The molecule has 1 N–H and O–H groups in total. The third-order valence-electron chi connectivity index (χ3n) is 4.24. The van der Waals surface area contributed by atoms with E-state index < -0.39 is 0 Å². The molecule has 1 aromatic carbocycles. The molecule has 0 radical (unpaired) electrons. The zero-order valence-electron chi connectivity index (χ0n) is 15.5. The van der Waals surface area contributed by atoms with E-state index in [1.165, 1.54) is 0 Å². The molecular formula is C18H31Cl3N2O2S. The molecule has 0 amide bonds. The van der Waals surface area contributed by atoms with Crippen molar-refractivity contribution in [3.8, 4) is 0 Å².